The molecular weight excluding hydrogens is 338 g/mol. The Morgan fingerprint density at radius 1 is 1.04 bits per heavy atom. The number of likely N-dealkylation sites (tertiary alicyclic amines) is 1. The number of rotatable bonds is 3. The van der Waals surface area contributed by atoms with Crippen molar-refractivity contribution in [2.75, 3.05) is 24.1 Å². The van der Waals surface area contributed by atoms with Crippen molar-refractivity contribution < 1.29 is 9.59 Å². The minimum absolute atomic E-state index is 0. The van der Waals surface area contributed by atoms with Gasteiger partial charge >= 0.3 is 0 Å². The smallest absolute Gasteiger partial charge is 0.255 e. The van der Waals surface area contributed by atoms with Crippen LogP contribution in [0.1, 0.15) is 39.1 Å². The molecule has 3 N–H and O–H groups in total. The number of benzene rings is 2. The predicted octanol–water partition coefficient (Wildman–Crippen LogP) is 3.49. The van der Waals surface area contributed by atoms with Crippen molar-refractivity contribution in [3.63, 3.8) is 0 Å². The first-order valence-electron chi connectivity index (χ1n) is 8.11. The Hall–Kier alpha value is -2.53. The van der Waals surface area contributed by atoms with Gasteiger partial charge < -0.3 is 16.0 Å². The van der Waals surface area contributed by atoms with E-state index in [4.69, 9.17) is 5.73 Å². The van der Waals surface area contributed by atoms with Gasteiger partial charge in [-0.05, 0) is 61.7 Å². The van der Waals surface area contributed by atoms with Crippen molar-refractivity contribution in [2.45, 2.75) is 19.8 Å². The molecule has 1 heterocycles. The normalized spacial score (nSPS) is 13.2. The number of amides is 2. The van der Waals surface area contributed by atoms with Gasteiger partial charge in [0.25, 0.3) is 11.8 Å². The van der Waals surface area contributed by atoms with Crippen LogP contribution in [-0.2, 0) is 0 Å². The van der Waals surface area contributed by atoms with E-state index in [2.05, 4.69) is 5.32 Å². The molecule has 1 fully saturated rings. The van der Waals surface area contributed by atoms with Gasteiger partial charge in [0.05, 0.1) is 0 Å². The van der Waals surface area contributed by atoms with Crippen molar-refractivity contribution in [2.24, 2.45) is 0 Å². The maximum absolute atomic E-state index is 12.4. The second kappa shape index (κ2) is 8.03. The lowest BCUT2D eigenvalue weighted by atomic mass is 10.1. The summed E-state index contributed by atoms with van der Waals surface area (Å²) >= 11 is 0. The van der Waals surface area contributed by atoms with Gasteiger partial charge in [0, 0.05) is 35.6 Å². The van der Waals surface area contributed by atoms with Crippen LogP contribution in [0.2, 0.25) is 0 Å². The van der Waals surface area contributed by atoms with Crippen LogP contribution in [0.15, 0.2) is 42.5 Å². The lowest BCUT2D eigenvalue weighted by molar-refractivity contribution is 0.0792. The lowest BCUT2D eigenvalue weighted by Gasteiger charge is -2.16. The van der Waals surface area contributed by atoms with Crippen LogP contribution in [0.25, 0.3) is 0 Å². The molecule has 0 aromatic heterocycles. The number of hydrogen-bond acceptors (Lipinski definition) is 3. The van der Waals surface area contributed by atoms with Crippen LogP contribution in [0.3, 0.4) is 0 Å². The second-order valence-electron chi connectivity index (χ2n) is 6.11. The number of nitrogens with two attached hydrogens (primary N) is 1. The molecule has 25 heavy (non-hydrogen) atoms. The van der Waals surface area contributed by atoms with Crippen LogP contribution < -0.4 is 11.1 Å². The molecular formula is C19H22ClN3O2. The third-order valence-electron chi connectivity index (χ3n) is 4.26. The van der Waals surface area contributed by atoms with Gasteiger partial charge in [0.15, 0.2) is 0 Å². The molecule has 2 aromatic rings. The van der Waals surface area contributed by atoms with Gasteiger partial charge in [-0.25, -0.2) is 0 Å². The minimum Gasteiger partial charge on any atom is -0.399 e. The summed E-state index contributed by atoms with van der Waals surface area (Å²) in [5, 5.41) is 2.87. The quantitative estimate of drug-likeness (QED) is 0.824. The molecule has 3 rings (SSSR count). The minimum atomic E-state index is -0.219. The van der Waals surface area contributed by atoms with Gasteiger partial charge in [-0.2, -0.15) is 0 Å². The van der Waals surface area contributed by atoms with Crippen molar-refractivity contribution in [3.05, 3.63) is 59.2 Å². The van der Waals surface area contributed by atoms with Gasteiger partial charge in [0.1, 0.15) is 0 Å². The Kier molecular flexibility index (Phi) is 6.04. The van der Waals surface area contributed by atoms with E-state index >= 15 is 0 Å². The first-order chi connectivity index (χ1) is 11.5. The Morgan fingerprint density at radius 3 is 2.40 bits per heavy atom. The molecule has 0 unspecified atom stereocenters. The monoisotopic (exact) mass is 359 g/mol. The number of carbonyl (C=O) groups is 2. The van der Waals surface area contributed by atoms with Gasteiger partial charge in [-0.1, -0.05) is 6.07 Å². The van der Waals surface area contributed by atoms with E-state index in [1.807, 2.05) is 17.9 Å². The molecule has 0 saturated carbocycles. The Balaban J connectivity index is 0.00000225. The fraction of sp³-hybridized carbons (Fsp3) is 0.263. The molecule has 0 atom stereocenters. The molecule has 2 aromatic carbocycles. The molecule has 132 valence electrons. The van der Waals surface area contributed by atoms with Crippen molar-refractivity contribution >= 4 is 35.6 Å². The summed E-state index contributed by atoms with van der Waals surface area (Å²) in [5.41, 5.74) is 8.98. The summed E-state index contributed by atoms with van der Waals surface area (Å²) in [6.07, 6.45) is 2.14. The van der Waals surface area contributed by atoms with Crippen molar-refractivity contribution in [1.29, 1.82) is 0 Å². The topological polar surface area (TPSA) is 75.4 Å². The second-order valence-corrected chi connectivity index (χ2v) is 6.11. The van der Waals surface area contributed by atoms with Gasteiger partial charge in [-0.15, -0.1) is 12.4 Å². The fourth-order valence-electron chi connectivity index (χ4n) is 2.91. The maximum atomic E-state index is 12.4. The summed E-state index contributed by atoms with van der Waals surface area (Å²) in [4.78, 5) is 26.6. The molecule has 0 bridgehead atoms. The van der Waals surface area contributed by atoms with E-state index in [1.165, 1.54) is 0 Å². The average Bonchev–Trinajstić information content (AvgIpc) is 3.10. The van der Waals surface area contributed by atoms with E-state index < -0.39 is 0 Å². The summed E-state index contributed by atoms with van der Waals surface area (Å²) in [6.45, 7) is 3.54. The Morgan fingerprint density at radius 2 is 1.76 bits per heavy atom. The molecule has 0 aliphatic carbocycles. The maximum Gasteiger partial charge on any atom is 0.255 e. The van der Waals surface area contributed by atoms with E-state index in [0.29, 0.717) is 22.5 Å². The molecule has 6 heteroatoms. The molecule has 5 nitrogen and oxygen atoms in total. The highest BCUT2D eigenvalue weighted by Gasteiger charge is 2.20. The highest BCUT2D eigenvalue weighted by molar-refractivity contribution is 6.05. The number of halogens is 1. The van der Waals surface area contributed by atoms with Gasteiger partial charge in [0.2, 0.25) is 0 Å². The number of nitrogens with zero attached hydrogens (tertiary/aromatic N) is 1. The number of carbonyl (C=O) groups excluding carboxylic acids is 2. The van der Waals surface area contributed by atoms with Crippen molar-refractivity contribution in [1.82, 2.24) is 4.90 Å². The van der Waals surface area contributed by atoms with Crippen LogP contribution in [-0.4, -0.2) is 29.8 Å². The zero-order chi connectivity index (χ0) is 17.1. The first-order valence-corrected chi connectivity index (χ1v) is 8.11. The van der Waals surface area contributed by atoms with Crippen LogP contribution in [0.4, 0.5) is 11.4 Å². The van der Waals surface area contributed by atoms with E-state index in [-0.39, 0.29) is 24.2 Å². The molecule has 1 aliphatic heterocycles. The summed E-state index contributed by atoms with van der Waals surface area (Å²) in [5.74, 6) is -0.159. The van der Waals surface area contributed by atoms with E-state index in [1.54, 1.807) is 36.4 Å². The highest BCUT2D eigenvalue weighted by atomic mass is 35.5. The molecule has 2 amide bonds. The van der Waals surface area contributed by atoms with Crippen LogP contribution in [0.5, 0.6) is 0 Å². The van der Waals surface area contributed by atoms with Crippen LogP contribution in [0, 0.1) is 6.92 Å². The number of aryl methyl sites for hydroxylation is 1. The standard InChI is InChI=1S/C19H21N3O2.ClH/c1-13-11-15(19(24)22-9-2-3-10-22)7-8-17(13)21-18(23)14-5-4-6-16(20)12-14;/h4-8,11-12H,2-3,9-10,20H2,1H3,(H,21,23);1H. The number of hydrogen-bond donors (Lipinski definition) is 2. The van der Waals surface area contributed by atoms with E-state index in [9.17, 15) is 9.59 Å². The first kappa shape index (κ1) is 18.8. The lowest BCUT2D eigenvalue weighted by Crippen LogP contribution is -2.27. The molecule has 1 aliphatic rings. The number of anilines is 2. The molecule has 0 radical (unpaired) electrons. The summed E-state index contributed by atoms with van der Waals surface area (Å²) in [6, 6.07) is 12.2. The third kappa shape index (κ3) is 4.31. The summed E-state index contributed by atoms with van der Waals surface area (Å²) in [7, 11) is 0. The third-order valence-corrected chi connectivity index (χ3v) is 4.26. The Labute approximate surface area is 153 Å². The fourth-order valence-corrected chi connectivity index (χ4v) is 2.91. The SMILES string of the molecule is Cc1cc(C(=O)N2CCCC2)ccc1NC(=O)c1cccc(N)c1.Cl. The highest BCUT2D eigenvalue weighted by Crippen LogP contribution is 2.20. The zero-order valence-corrected chi connectivity index (χ0v) is 14.9. The van der Waals surface area contributed by atoms with Crippen LogP contribution >= 0.6 is 12.4 Å². The summed E-state index contributed by atoms with van der Waals surface area (Å²) < 4.78 is 0. The number of nitrogens with one attached hydrogen (secondary N) is 1. The number of nitrogen functional groups attached to an aromatic ring is 1. The average molecular weight is 360 g/mol. The predicted molar refractivity (Wildman–Crippen MR) is 102 cm³/mol. The molecule has 1 saturated heterocycles. The van der Waals surface area contributed by atoms with Gasteiger partial charge in [-0.3, -0.25) is 9.59 Å². The molecule has 0 spiro atoms. The largest absolute Gasteiger partial charge is 0.399 e. The van der Waals surface area contributed by atoms with E-state index in [0.717, 1.165) is 31.5 Å². The Bertz CT molecular complexity index is 786. The van der Waals surface area contributed by atoms with Crippen molar-refractivity contribution in [3.8, 4) is 0 Å². The zero-order valence-electron chi connectivity index (χ0n) is 14.1.